The summed E-state index contributed by atoms with van der Waals surface area (Å²) in [5.41, 5.74) is 1.67. The fraction of sp³-hybridized carbons (Fsp3) is 0.875. The molecular weight excluding hydrogens is 222 g/mol. The number of nitrogens with zero attached hydrogens (tertiary/aromatic N) is 1. The van der Waals surface area contributed by atoms with Gasteiger partial charge in [0, 0.05) is 19.4 Å². The van der Waals surface area contributed by atoms with E-state index in [0.29, 0.717) is 6.04 Å². The zero-order valence-electron chi connectivity index (χ0n) is 12.4. The monoisotopic (exact) mass is 251 g/mol. The van der Waals surface area contributed by atoms with Gasteiger partial charge < -0.3 is 9.64 Å². The Labute approximate surface area is 112 Å². The number of likely N-dealkylation sites (tertiary alicyclic amines) is 1. The zero-order chi connectivity index (χ0) is 13.0. The van der Waals surface area contributed by atoms with Crippen LogP contribution in [0.2, 0.25) is 0 Å². The van der Waals surface area contributed by atoms with E-state index in [2.05, 4.69) is 24.8 Å². The van der Waals surface area contributed by atoms with Crippen LogP contribution in [0.5, 0.6) is 0 Å². The first-order valence-corrected chi connectivity index (χ1v) is 7.78. The van der Waals surface area contributed by atoms with Gasteiger partial charge in [0.25, 0.3) is 0 Å². The molecule has 0 unspecified atom stereocenters. The van der Waals surface area contributed by atoms with Crippen LogP contribution in [0.1, 0.15) is 65.2 Å². The third-order valence-corrected chi connectivity index (χ3v) is 5.10. The maximum atomic E-state index is 5.97. The molecule has 0 bridgehead atoms. The lowest BCUT2D eigenvalue weighted by Gasteiger charge is -2.43. The van der Waals surface area contributed by atoms with Crippen LogP contribution < -0.4 is 0 Å². The highest BCUT2D eigenvalue weighted by Gasteiger charge is 2.42. The van der Waals surface area contributed by atoms with Gasteiger partial charge in [-0.3, -0.25) is 0 Å². The van der Waals surface area contributed by atoms with Crippen molar-refractivity contribution in [1.29, 1.82) is 0 Å². The van der Waals surface area contributed by atoms with Crippen molar-refractivity contribution in [3.63, 3.8) is 0 Å². The summed E-state index contributed by atoms with van der Waals surface area (Å²) < 4.78 is 5.97. The smallest absolute Gasteiger partial charge is 0.0875 e. The maximum Gasteiger partial charge on any atom is 0.0875 e. The highest BCUT2D eigenvalue weighted by Crippen LogP contribution is 2.38. The van der Waals surface area contributed by atoms with E-state index in [-0.39, 0.29) is 5.60 Å². The summed E-state index contributed by atoms with van der Waals surface area (Å²) in [5.74, 6) is 0. The molecular formula is C16H29NO. The van der Waals surface area contributed by atoms with Crippen molar-refractivity contribution in [3.8, 4) is 0 Å². The lowest BCUT2D eigenvalue weighted by molar-refractivity contribution is -0.0677. The number of ether oxygens (including phenoxy) is 1. The minimum atomic E-state index is 0.0643. The Morgan fingerprint density at radius 3 is 2.61 bits per heavy atom. The first-order chi connectivity index (χ1) is 8.77. The molecule has 2 heteroatoms. The third kappa shape index (κ3) is 2.45. The molecule has 0 spiro atoms. The molecule has 1 saturated heterocycles. The van der Waals surface area contributed by atoms with Gasteiger partial charge in [-0.2, -0.15) is 0 Å². The van der Waals surface area contributed by atoms with E-state index in [9.17, 15) is 0 Å². The van der Waals surface area contributed by atoms with Crippen molar-refractivity contribution >= 4 is 0 Å². The maximum absolute atomic E-state index is 5.97. The molecule has 0 saturated carbocycles. The average Bonchev–Trinajstić information content (AvgIpc) is 2.93. The Morgan fingerprint density at radius 1 is 1.28 bits per heavy atom. The second kappa shape index (κ2) is 6.10. The largest absolute Gasteiger partial charge is 0.376 e. The Balaban J connectivity index is 2.17. The quantitative estimate of drug-likeness (QED) is 0.729. The van der Waals surface area contributed by atoms with E-state index in [4.69, 9.17) is 4.74 Å². The van der Waals surface area contributed by atoms with E-state index in [1.807, 2.05) is 7.11 Å². The standard InChI is InChI=1S/C16H29NO/c1-4-16(5-2,18-3)15-12-9-13-17(15)14-10-7-6-8-11-14/h10,15H,4-9,11-13H2,1-3H3/t15-/m0/s1. The lowest BCUT2D eigenvalue weighted by Crippen LogP contribution is -2.50. The van der Waals surface area contributed by atoms with Crippen molar-refractivity contribution in [1.82, 2.24) is 4.90 Å². The van der Waals surface area contributed by atoms with Crippen molar-refractivity contribution in [3.05, 3.63) is 11.8 Å². The Morgan fingerprint density at radius 2 is 2.06 bits per heavy atom. The highest BCUT2D eigenvalue weighted by atomic mass is 16.5. The normalized spacial score (nSPS) is 25.4. The molecule has 0 N–H and O–H groups in total. The number of methoxy groups -OCH3 is 1. The van der Waals surface area contributed by atoms with Crippen LogP contribution in [0.3, 0.4) is 0 Å². The van der Waals surface area contributed by atoms with E-state index in [1.54, 1.807) is 5.70 Å². The van der Waals surface area contributed by atoms with E-state index in [0.717, 1.165) is 12.8 Å². The second-order valence-corrected chi connectivity index (χ2v) is 5.77. The summed E-state index contributed by atoms with van der Waals surface area (Å²) in [6, 6.07) is 0.599. The Bertz CT molecular complexity index is 285. The molecule has 104 valence electrons. The van der Waals surface area contributed by atoms with Gasteiger partial charge in [-0.05, 0) is 51.4 Å². The van der Waals surface area contributed by atoms with Crippen molar-refractivity contribution in [2.24, 2.45) is 0 Å². The molecule has 0 aromatic rings. The minimum Gasteiger partial charge on any atom is -0.376 e. The number of hydrogen-bond acceptors (Lipinski definition) is 2. The van der Waals surface area contributed by atoms with Gasteiger partial charge in [0.2, 0.25) is 0 Å². The summed E-state index contributed by atoms with van der Waals surface area (Å²) in [4.78, 5) is 2.68. The van der Waals surface area contributed by atoms with E-state index in [1.165, 1.54) is 45.1 Å². The fourth-order valence-electron chi connectivity index (χ4n) is 3.89. The van der Waals surface area contributed by atoms with Crippen molar-refractivity contribution < 1.29 is 4.74 Å². The van der Waals surface area contributed by atoms with Crippen LogP contribution in [-0.4, -0.2) is 30.2 Å². The third-order valence-electron chi connectivity index (χ3n) is 5.10. The van der Waals surface area contributed by atoms with Gasteiger partial charge in [-0.1, -0.05) is 19.9 Å². The van der Waals surface area contributed by atoms with Gasteiger partial charge in [-0.25, -0.2) is 0 Å². The molecule has 2 nitrogen and oxygen atoms in total. The molecule has 0 aromatic carbocycles. The number of hydrogen-bond donors (Lipinski definition) is 0. The number of rotatable bonds is 5. The lowest BCUT2D eigenvalue weighted by atomic mass is 9.86. The molecule has 1 heterocycles. The first kappa shape index (κ1) is 13.9. The van der Waals surface area contributed by atoms with Crippen LogP contribution in [0, 0.1) is 0 Å². The minimum absolute atomic E-state index is 0.0643. The molecule has 18 heavy (non-hydrogen) atoms. The second-order valence-electron chi connectivity index (χ2n) is 5.77. The zero-order valence-corrected chi connectivity index (χ0v) is 12.4. The van der Waals surface area contributed by atoms with Gasteiger partial charge in [0.05, 0.1) is 11.6 Å². The van der Waals surface area contributed by atoms with Crippen LogP contribution in [0.25, 0.3) is 0 Å². The van der Waals surface area contributed by atoms with Crippen LogP contribution in [-0.2, 0) is 4.74 Å². The van der Waals surface area contributed by atoms with E-state index < -0.39 is 0 Å². The summed E-state index contributed by atoms with van der Waals surface area (Å²) in [6.07, 6.45) is 12.6. The van der Waals surface area contributed by atoms with Gasteiger partial charge in [0.15, 0.2) is 0 Å². The molecule has 0 amide bonds. The Kier molecular flexibility index (Phi) is 4.71. The molecule has 0 aromatic heterocycles. The fourth-order valence-corrected chi connectivity index (χ4v) is 3.89. The van der Waals surface area contributed by atoms with Gasteiger partial charge >= 0.3 is 0 Å². The summed E-state index contributed by atoms with van der Waals surface area (Å²) in [6.45, 7) is 5.79. The topological polar surface area (TPSA) is 12.5 Å². The van der Waals surface area contributed by atoms with Gasteiger partial charge in [-0.15, -0.1) is 0 Å². The van der Waals surface area contributed by atoms with Crippen LogP contribution in [0.4, 0.5) is 0 Å². The molecule has 2 rings (SSSR count). The number of allylic oxidation sites excluding steroid dienone is 2. The van der Waals surface area contributed by atoms with Crippen molar-refractivity contribution in [2.75, 3.05) is 13.7 Å². The summed E-state index contributed by atoms with van der Waals surface area (Å²) in [7, 11) is 1.90. The molecule has 1 aliphatic carbocycles. The molecule has 1 atom stereocenters. The van der Waals surface area contributed by atoms with Crippen molar-refractivity contribution in [2.45, 2.75) is 76.9 Å². The van der Waals surface area contributed by atoms with E-state index >= 15 is 0 Å². The van der Waals surface area contributed by atoms with Crippen LogP contribution >= 0.6 is 0 Å². The predicted molar refractivity (Wildman–Crippen MR) is 76.6 cm³/mol. The SMILES string of the molecule is CCC(CC)(OC)[C@@H]1CCCN1C1=CCCCC1. The van der Waals surface area contributed by atoms with Crippen LogP contribution in [0.15, 0.2) is 11.8 Å². The summed E-state index contributed by atoms with van der Waals surface area (Å²) in [5, 5.41) is 0. The molecule has 0 radical (unpaired) electrons. The molecule has 1 fully saturated rings. The first-order valence-electron chi connectivity index (χ1n) is 7.78. The average molecular weight is 251 g/mol. The molecule has 2 aliphatic rings. The van der Waals surface area contributed by atoms with Gasteiger partial charge in [0.1, 0.15) is 0 Å². The highest BCUT2D eigenvalue weighted by molar-refractivity contribution is 5.11. The summed E-state index contributed by atoms with van der Waals surface area (Å²) >= 11 is 0. The molecule has 1 aliphatic heterocycles. The predicted octanol–water partition coefficient (Wildman–Crippen LogP) is 4.11. The Hall–Kier alpha value is -0.500.